The van der Waals surface area contributed by atoms with E-state index in [4.69, 9.17) is 4.74 Å². The molecule has 3 rings (SSSR count). The first kappa shape index (κ1) is 20.1. The van der Waals surface area contributed by atoms with Gasteiger partial charge < -0.3 is 9.30 Å². The highest BCUT2D eigenvalue weighted by Crippen LogP contribution is 2.22. The van der Waals surface area contributed by atoms with Crippen molar-refractivity contribution in [3.05, 3.63) is 95.8 Å². The molecule has 1 heterocycles. The Morgan fingerprint density at radius 1 is 1.14 bits per heavy atom. The molecule has 0 saturated heterocycles. The number of carbonyl (C=O) groups excluding carboxylic acids is 1. The number of benzene rings is 2. The molecule has 0 atom stereocenters. The molecule has 0 spiro atoms. The molecule has 0 radical (unpaired) electrons. The van der Waals surface area contributed by atoms with E-state index in [1.54, 1.807) is 12.3 Å². The fourth-order valence-corrected chi connectivity index (χ4v) is 3.16. The van der Waals surface area contributed by atoms with Crippen molar-refractivity contribution >= 4 is 12.1 Å². The van der Waals surface area contributed by atoms with Gasteiger partial charge in [-0.2, -0.15) is 5.10 Å². The maximum atomic E-state index is 12.0. The Morgan fingerprint density at radius 2 is 1.86 bits per heavy atom. The number of hydrogen-bond acceptors (Lipinski definition) is 3. The van der Waals surface area contributed by atoms with E-state index in [0.29, 0.717) is 13.0 Å². The number of ether oxygens (including phenoxy) is 1. The van der Waals surface area contributed by atoms with Crippen LogP contribution in [0.3, 0.4) is 0 Å². The van der Waals surface area contributed by atoms with Gasteiger partial charge in [0.1, 0.15) is 12.4 Å². The van der Waals surface area contributed by atoms with Gasteiger partial charge in [0.25, 0.3) is 0 Å². The molecule has 5 nitrogen and oxygen atoms in total. The van der Waals surface area contributed by atoms with Gasteiger partial charge in [-0.3, -0.25) is 4.79 Å². The van der Waals surface area contributed by atoms with Gasteiger partial charge in [0.05, 0.1) is 12.6 Å². The second kappa shape index (κ2) is 9.55. The molecule has 2 aromatic carbocycles. The van der Waals surface area contributed by atoms with Gasteiger partial charge in [0.2, 0.25) is 5.91 Å². The zero-order valence-electron chi connectivity index (χ0n) is 16.8. The fraction of sp³-hybridized carbons (Fsp3) is 0.167. The minimum Gasteiger partial charge on any atom is -0.490 e. The summed E-state index contributed by atoms with van der Waals surface area (Å²) in [4.78, 5) is 12.0. The van der Waals surface area contributed by atoms with Gasteiger partial charge in [-0.15, -0.1) is 0 Å². The molecular formula is C24H25N3O2. The molecule has 5 heteroatoms. The summed E-state index contributed by atoms with van der Waals surface area (Å²) in [6.45, 7) is 8.21. The summed E-state index contributed by atoms with van der Waals surface area (Å²) >= 11 is 0. The third-order valence-electron chi connectivity index (χ3n) is 4.53. The van der Waals surface area contributed by atoms with E-state index in [2.05, 4.69) is 21.7 Å². The topological polar surface area (TPSA) is 55.6 Å². The molecule has 148 valence electrons. The molecule has 0 fully saturated rings. The van der Waals surface area contributed by atoms with Crippen molar-refractivity contribution in [1.29, 1.82) is 0 Å². The maximum Gasteiger partial charge on any atom is 0.244 e. The zero-order chi connectivity index (χ0) is 20.6. The van der Waals surface area contributed by atoms with Crippen LogP contribution in [0.4, 0.5) is 0 Å². The molecular weight excluding hydrogens is 362 g/mol. The average molecular weight is 387 g/mol. The number of hydrogen-bond donors (Lipinski definition) is 1. The average Bonchev–Trinajstić information content (AvgIpc) is 3.01. The number of hydrazone groups is 1. The molecule has 0 unspecified atom stereocenters. The van der Waals surface area contributed by atoms with E-state index in [1.807, 2.05) is 74.5 Å². The predicted octanol–water partition coefficient (Wildman–Crippen LogP) is 4.35. The summed E-state index contributed by atoms with van der Waals surface area (Å²) < 4.78 is 7.68. The van der Waals surface area contributed by atoms with Crippen molar-refractivity contribution in [3.8, 4) is 11.4 Å². The molecule has 1 aromatic heterocycles. The Morgan fingerprint density at radius 3 is 2.55 bits per heavy atom. The standard InChI is InChI=1S/C24H25N3O2/c1-4-14-29-23-12-10-22(11-13-23)27-18(2)15-21(19(27)3)17-25-26-24(28)16-20-8-6-5-7-9-20/h4-13,15,17H,1,14,16H2,2-3H3,(H,26,28)/b25-17+. The van der Waals surface area contributed by atoms with E-state index in [1.165, 1.54) is 0 Å². The second-order valence-electron chi connectivity index (χ2n) is 6.71. The van der Waals surface area contributed by atoms with Gasteiger partial charge in [0.15, 0.2) is 0 Å². The number of carbonyl (C=O) groups is 1. The van der Waals surface area contributed by atoms with Crippen molar-refractivity contribution in [1.82, 2.24) is 9.99 Å². The quantitative estimate of drug-likeness (QED) is 0.355. The SMILES string of the molecule is C=CCOc1ccc(-n2c(C)cc(/C=N/NC(=O)Cc3ccccc3)c2C)cc1. The molecule has 1 N–H and O–H groups in total. The molecule has 0 aliphatic heterocycles. The third-order valence-corrected chi connectivity index (χ3v) is 4.53. The lowest BCUT2D eigenvalue weighted by Gasteiger charge is -2.11. The van der Waals surface area contributed by atoms with E-state index >= 15 is 0 Å². The molecule has 0 aliphatic rings. The zero-order valence-corrected chi connectivity index (χ0v) is 16.8. The Kier molecular flexibility index (Phi) is 6.63. The summed E-state index contributed by atoms with van der Waals surface area (Å²) in [5, 5.41) is 4.13. The van der Waals surface area contributed by atoms with Crippen molar-refractivity contribution in [2.45, 2.75) is 20.3 Å². The number of nitrogens with one attached hydrogen (secondary N) is 1. The summed E-state index contributed by atoms with van der Waals surface area (Å²) in [6, 6.07) is 19.6. The first-order valence-electron chi connectivity index (χ1n) is 9.47. The highest BCUT2D eigenvalue weighted by atomic mass is 16.5. The van der Waals surface area contributed by atoms with Crippen LogP contribution in [0.5, 0.6) is 5.75 Å². The Hall–Kier alpha value is -3.60. The number of amides is 1. The van der Waals surface area contributed by atoms with Crippen LogP contribution in [-0.4, -0.2) is 23.3 Å². The van der Waals surface area contributed by atoms with E-state index in [-0.39, 0.29) is 5.91 Å². The molecule has 0 bridgehead atoms. The van der Waals surface area contributed by atoms with E-state index in [0.717, 1.165) is 34.0 Å². The van der Waals surface area contributed by atoms with Crippen LogP contribution in [0.1, 0.15) is 22.5 Å². The van der Waals surface area contributed by atoms with Crippen LogP contribution < -0.4 is 10.2 Å². The summed E-state index contributed by atoms with van der Waals surface area (Å²) in [7, 11) is 0. The molecule has 3 aromatic rings. The molecule has 0 aliphatic carbocycles. The van der Waals surface area contributed by atoms with Crippen LogP contribution >= 0.6 is 0 Å². The first-order valence-corrected chi connectivity index (χ1v) is 9.47. The first-order chi connectivity index (χ1) is 14.1. The third kappa shape index (κ3) is 5.23. The van der Waals surface area contributed by atoms with Crippen LogP contribution in [0.15, 0.2) is 78.4 Å². The van der Waals surface area contributed by atoms with Gasteiger partial charge in [-0.25, -0.2) is 5.43 Å². The van der Waals surface area contributed by atoms with E-state index < -0.39 is 0 Å². The van der Waals surface area contributed by atoms with Crippen molar-refractivity contribution < 1.29 is 9.53 Å². The van der Waals surface area contributed by atoms with E-state index in [9.17, 15) is 4.79 Å². The Bertz CT molecular complexity index is 1000. The minimum absolute atomic E-state index is 0.142. The number of aryl methyl sites for hydroxylation is 1. The van der Waals surface area contributed by atoms with Gasteiger partial charge >= 0.3 is 0 Å². The van der Waals surface area contributed by atoms with Crippen LogP contribution in [0.25, 0.3) is 5.69 Å². The van der Waals surface area contributed by atoms with Crippen molar-refractivity contribution in [2.75, 3.05) is 6.61 Å². The van der Waals surface area contributed by atoms with Gasteiger partial charge in [-0.1, -0.05) is 43.0 Å². The lowest BCUT2D eigenvalue weighted by atomic mass is 10.1. The lowest BCUT2D eigenvalue weighted by Crippen LogP contribution is -2.19. The minimum atomic E-state index is -0.142. The summed E-state index contributed by atoms with van der Waals surface area (Å²) in [5.74, 6) is 0.662. The van der Waals surface area contributed by atoms with Crippen LogP contribution in [0, 0.1) is 13.8 Å². The van der Waals surface area contributed by atoms with Crippen molar-refractivity contribution in [3.63, 3.8) is 0 Å². The lowest BCUT2D eigenvalue weighted by molar-refractivity contribution is -0.120. The predicted molar refractivity (Wildman–Crippen MR) is 117 cm³/mol. The smallest absolute Gasteiger partial charge is 0.244 e. The highest BCUT2D eigenvalue weighted by molar-refractivity contribution is 5.84. The van der Waals surface area contributed by atoms with Gasteiger partial charge in [0, 0.05) is 22.6 Å². The number of aromatic nitrogens is 1. The highest BCUT2D eigenvalue weighted by Gasteiger charge is 2.10. The Balaban J connectivity index is 1.68. The number of nitrogens with zero attached hydrogens (tertiary/aromatic N) is 2. The number of rotatable bonds is 8. The van der Waals surface area contributed by atoms with Crippen LogP contribution in [-0.2, 0) is 11.2 Å². The molecule has 1 amide bonds. The van der Waals surface area contributed by atoms with Crippen molar-refractivity contribution in [2.24, 2.45) is 5.10 Å². The monoisotopic (exact) mass is 387 g/mol. The molecule has 29 heavy (non-hydrogen) atoms. The summed E-state index contributed by atoms with van der Waals surface area (Å²) in [5.41, 5.74) is 7.68. The normalized spacial score (nSPS) is 10.8. The summed E-state index contributed by atoms with van der Waals surface area (Å²) in [6.07, 6.45) is 3.71. The second-order valence-corrected chi connectivity index (χ2v) is 6.71. The maximum absolute atomic E-state index is 12.0. The molecule has 0 saturated carbocycles. The Labute approximate surface area is 171 Å². The van der Waals surface area contributed by atoms with Crippen LogP contribution in [0.2, 0.25) is 0 Å². The largest absolute Gasteiger partial charge is 0.490 e. The fourth-order valence-electron chi connectivity index (χ4n) is 3.16. The van der Waals surface area contributed by atoms with Gasteiger partial charge in [-0.05, 0) is 49.7 Å².